The number of imidazole rings is 1. The van der Waals surface area contributed by atoms with E-state index in [1.54, 1.807) is 24.7 Å². The highest BCUT2D eigenvalue weighted by atomic mass is 16.2. The number of aromatic amines is 1. The number of amides is 1. The fraction of sp³-hybridized carbons (Fsp3) is 0.500. The Morgan fingerprint density at radius 2 is 2.00 bits per heavy atom. The second-order valence-electron chi connectivity index (χ2n) is 4.27. The summed E-state index contributed by atoms with van der Waals surface area (Å²) in [5, 5.41) is 0. The number of carbonyl (C=O) groups excluding carboxylic acids is 1. The quantitative estimate of drug-likeness (QED) is 0.791. The molecule has 0 aliphatic heterocycles. The largest absolute Gasteiger partial charge is 0.345 e. The molecule has 0 unspecified atom stereocenters. The summed E-state index contributed by atoms with van der Waals surface area (Å²) in [4.78, 5) is 20.6. The molecule has 0 saturated heterocycles. The van der Waals surface area contributed by atoms with E-state index in [0.29, 0.717) is 0 Å². The Bertz CT molecular complexity index is 344. The number of carbonyl (C=O) groups is 1. The summed E-state index contributed by atoms with van der Waals surface area (Å²) in [6.07, 6.45) is 6.59. The van der Waals surface area contributed by atoms with E-state index in [9.17, 15) is 4.79 Å². The molecule has 0 spiro atoms. The number of H-pyrrole nitrogens is 1. The molecule has 0 aromatic carbocycles. The van der Waals surface area contributed by atoms with E-state index >= 15 is 0 Å². The maximum absolute atomic E-state index is 11.9. The first-order valence-corrected chi connectivity index (χ1v) is 5.51. The van der Waals surface area contributed by atoms with Gasteiger partial charge in [0.1, 0.15) is 0 Å². The standard InChI is InChI=1S/C12H19N3O/c1-9(2)15(10(3)4)12(16)6-5-11-7-13-8-14-11/h5-10H,1-4H3,(H,13,14)/b6-5+. The highest BCUT2D eigenvalue weighted by Crippen LogP contribution is 2.07. The van der Waals surface area contributed by atoms with E-state index in [0.717, 1.165) is 5.69 Å². The van der Waals surface area contributed by atoms with E-state index in [1.807, 2.05) is 32.6 Å². The fourth-order valence-electron chi connectivity index (χ4n) is 1.71. The lowest BCUT2D eigenvalue weighted by Gasteiger charge is -2.29. The molecule has 0 saturated carbocycles. The predicted octanol–water partition coefficient (Wildman–Crippen LogP) is 2.07. The van der Waals surface area contributed by atoms with Crippen molar-refractivity contribution in [1.29, 1.82) is 0 Å². The van der Waals surface area contributed by atoms with Crippen molar-refractivity contribution in [1.82, 2.24) is 14.9 Å². The number of hydrogen-bond donors (Lipinski definition) is 1. The van der Waals surface area contributed by atoms with Crippen LogP contribution in [0.3, 0.4) is 0 Å². The first-order chi connectivity index (χ1) is 7.52. The maximum Gasteiger partial charge on any atom is 0.247 e. The van der Waals surface area contributed by atoms with Crippen molar-refractivity contribution >= 4 is 12.0 Å². The van der Waals surface area contributed by atoms with Crippen LogP contribution in [-0.4, -0.2) is 32.9 Å². The van der Waals surface area contributed by atoms with Crippen molar-refractivity contribution in [3.8, 4) is 0 Å². The van der Waals surface area contributed by atoms with Gasteiger partial charge in [0.25, 0.3) is 0 Å². The molecule has 1 aromatic heterocycles. The average Bonchev–Trinajstić information content (AvgIpc) is 2.65. The molecule has 4 nitrogen and oxygen atoms in total. The van der Waals surface area contributed by atoms with Crippen LogP contribution in [0.1, 0.15) is 33.4 Å². The Morgan fingerprint density at radius 1 is 1.38 bits per heavy atom. The molecule has 88 valence electrons. The highest BCUT2D eigenvalue weighted by Gasteiger charge is 2.17. The first-order valence-electron chi connectivity index (χ1n) is 5.51. The van der Waals surface area contributed by atoms with Gasteiger partial charge in [0.2, 0.25) is 5.91 Å². The maximum atomic E-state index is 11.9. The van der Waals surface area contributed by atoms with Gasteiger partial charge in [-0.15, -0.1) is 0 Å². The van der Waals surface area contributed by atoms with Gasteiger partial charge in [-0.2, -0.15) is 0 Å². The van der Waals surface area contributed by atoms with Crippen LogP contribution in [0, 0.1) is 0 Å². The SMILES string of the molecule is CC(C)N(C(=O)/C=C/c1cnc[nH]1)C(C)C. The summed E-state index contributed by atoms with van der Waals surface area (Å²) < 4.78 is 0. The van der Waals surface area contributed by atoms with Crippen LogP contribution in [-0.2, 0) is 4.79 Å². The number of nitrogens with one attached hydrogen (secondary N) is 1. The normalized spacial score (nSPS) is 11.6. The molecular weight excluding hydrogens is 202 g/mol. The van der Waals surface area contributed by atoms with E-state index in [-0.39, 0.29) is 18.0 Å². The Kier molecular flexibility index (Phi) is 4.28. The van der Waals surface area contributed by atoms with Gasteiger partial charge in [-0.1, -0.05) is 0 Å². The molecule has 4 heteroatoms. The molecule has 16 heavy (non-hydrogen) atoms. The Morgan fingerprint density at radius 3 is 2.44 bits per heavy atom. The third kappa shape index (κ3) is 3.22. The van der Waals surface area contributed by atoms with Crippen molar-refractivity contribution in [2.45, 2.75) is 39.8 Å². The predicted molar refractivity (Wildman–Crippen MR) is 64.7 cm³/mol. The summed E-state index contributed by atoms with van der Waals surface area (Å²) in [5.41, 5.74) is 0.834. The molecule has 1 N–H and O–H groups in total. The highest BCUT2D eigenvalue weighted by molar-refractivity contribution is 5.91. The van der Waals surface area contributed by atoms with Crippen LogP contribution in [0.2, 0.25) is 0 Å². The van der Waals surface area contributed by atoms with Crippen LogP contribution in [0.15, 0.2) is 18.6 Å². The van der Waals surface area contributed by atoms with Gasteiger partial charge in [0.05, 0.1) is 18.2 Å². The number of hydrogen-bond acceptors (Lipinski definition) is 2. The molecule has 0 bridgehead atoms. The second-order valence-corrected chi connectivity index (χ2v) is 4.27. The van der Waals surface area contributed by atoms with Crippen molar-refractivity contribution in [3.63, 3.8) is 0 Å². The van der Waals surface area contributed by atoms with Crippen LogP contribution >= 0.6 is 0 Å². The third-order valence-corrected chi connectivity index (χ3v) is 2.29. The van der Waals surface area contributed by atoms with Gasteiger partial charge >= 0.3 is 0 Å². The summed E-state index contributed by atoms with van der Waals surface area (Å²) in [7, 11) is 0. The van der Waals surface area contributed by atoms with Crippen LogP contribution in [0.4, 0.5) is 0 Å². The summed E-state index contributed by atoms with van der Waals surface area (Å²) in [5.74, 6) is 0.0274. The minimum atomic E-state index is 0.0274. The number of nitrogens with zero attached hydrogens (tertiary/aromatic N) is 2. The minimum absolute atomic E-state index is 0.0274. The molecule has 0 aliphatic rings. The van der Waals surface area contributed by atoms with E-state index in [2.05, 4.69) is 9.97 Å². The van der Waals surface area contributed by atoms with E-state index < -0.39 is 0 Å². The van der Waals surface area contributed by atoms with Gasteiger partial charge in [-0.25, -0.2) is 4.98 Å². The van der Waals surface area contributed by atoms with Crippen molar-refractivity contribution in [2.75, 3.05) is 0 Å². The second kappa shape index (κ2) is 5.49. The lowest BCUT2D eigenvalue weighted by atomic mass is 10.2. The number of aromatic nitrogens is 2. The zero-order valence-electron chi connectivity index (χ0n) is 10.3. The van der Waals surface area contributed by atoms with Crippen molar-refractivity contribution in [3.05, 3.63) is 24.3 Å². The third-order valence-electron chi connectivity index (χ3n) is 2.29. The number of rotatable bonds is 4. The summed E-state index contributed by atoms with van der Waals surface area (Å²) in [6, 6.07) is 0.415. The fourth-order valence-corrected chi connectivity index (χ4v) is 1.71. The Balaban J connectivity index is 2.70. The molecule has 1 aromatic rings. The molecular formula is C12H19N3O. The van der Waals surface area contributed by atoms with Gasteiger partial charge in [-0.3, -0.25) is 4.79 Å². The summed E-state index contributed by atoms with van der Waals surface area (Å²) >= 11 is 0. The molecule has 1 heterocycles. The molecule has 0 radical (unpaired) electrons. The molecule has 0 aliphatic carbocycles. The van der Waals surface area contributed by atoms with E-state index in [1.165, 1.54) is 0 Å². The summed E-state index contributed by atoms with van der Waals surface area (Å²) in [6.45, 7) is 8.06. The lowest BCUT2D eigenvalue weighted by Crippen LogP contribution is -2.41. The monoisotopic (exact) mass is 221 g/mol. The molecule has 0 atom stereocenters. The zero-order chi connectivity index (χ0) is 12.1. The van der Waals surface area contributed by atoms with Crippen LogP contribution in [0.25, 0.3) is 6.08 Å². The van der Waals surface area contributed by atoms with Gasteiger partial charge < -0.3 is 9.88 Å². The van der Waals surface area contributed by atoms with Gasteiger partial charge in [-0.05, 0) is 33.8 Å². The molecule has 0 fully saturated rings. The topological polar surface area (TPSA) is 49.0 Å². The van der Waals surface area contributed by atoms with E-state index in [4.69, 9.17) is 0 Å². The van der Waals surface area contributed by atoms with Crippen molar-refractivity contribution < 1.29 is 4.79 Å². The lowest BCUT2D eigenvalue weighted by molar-refractivity contribution is -0.129. The Hall–Kier alpha value is -1.58. The zero-order valence-corrected chi connectivity index (χ0v) is 10.3. The molecule has 1 amide bonds. The van der Waals surface area contributed by atoms with Crippen LogP contribution < -0.4 is 0 Å². The van der Waals surface area contributed by atoms with Gasteiger partial charge in [0.15, 0.2) is 0 Å². The Labute approximate surface area is 96.4 Å². The minimum Gasteiger partial charge on any atom is -0.345 e. The van der Waals surface area contributed by atoms with Crippen LogP contribution in [0.5, 0.6) is 0 Å². The van der Waals surface area contributed by atoms with Gasteiger partial charge in [0, 0.05) is 18.2 Å². The average molecular weight is 221 g/mol. The van der Waals surface area contributed by atoms with Crippen molar-refractivity contribution in [2.24, 2.45) is 0 Å². The molecule has 1 rings (SSSR count). The first kappa shape index (κ1) is 12.5. The smallest absolute Gasteiger partial charge is 0.247 e.